The van der Waals surface area contributed by atoms with Crippen LogP contribution in [0.25, 0.3) is 10.9 Å². The molecule has 2 N–H and O–H groups in total. The minimum atomic E-state index is -0.0952. The highest BCUT2D eigenvalue weighted by atomic mass is 16.5. The van der Waals surface area contributed by atoms with E-state index in [9.17, 15) is 4.79 Å². The number of nitrogens with zero attached hydrogens (tertiary/aromatic N) is 2. The van der Waals surface area contributed by atoms with E-state index in [0.29, 0.717) is 0 Å². The van der Waals surface area contributed by atoms with Crippen molar-refractivity contribution in [2.24, 2.45) is 10.9 Å². The fourth-order valence-corrected chi connectivity index (χ4v) is 3.71. The molecule has 2 aromatic rings. The molecule has 1 aliphatic rings. The van der Waals surface area contributed by atoms with Crippen LogP contribution in [0, 0.1) is 12.8 Å². The number of hydrogen-bond donors (Lipinski definition) is 2. The maximum Gasteiger partial charge on any atom is 0.308 e. The van der Waals surface area contributed by atoms with Gasteiger partial charge in [0.1, 0.15) is 0 Å². The number of methoxy groups -OCH3 is 1. The van der Waals surface area contributed by atoms with E-state index in [0.717, 1.165) is 44.9 Å². The Morgan fingerprint density at radius 1 is 1.38 bits per heavy atom. The number of esters is 1. The fraction of sp³-hybridized carbons (Fsp3) is 0.500. The Hall–Kier alpha value is -2.50. The molecule has 140 valence electrons. The van der Waals surface area contributed by atoms with Gasteiger partial charge in [0.2, 0.25) is 0 Å². The lowest BCUT2D eigenvalue weighted by molar-refractivity contribution is -0.146. The van der Waals surface area contributed by atoms with Crippen LogP contribution in [-0.4, -0.2) is 55.6 Å². The summed E-state index contributed by atoms with van der Waals surface area (Å²) in [6, 6.07) is 6.40. The molecule has 2 heterocycles. The third kappa shape index (κ3) is 3.84. The molecule has 6 heteroatoms. The van der Waals surface area contributed by atoms with Crippen LogP contribution in [-0.2, 0) is 16.0 Å². The predicted octanol–water partition coefficient (Wildman–Crippen LogP) is 2.48. The summed E-state index contributed by atoms with van der Waals surface area (Å²) in [5.74, 6) is 0.829. The van der Waals surface area contributed by atoms with Gasteiger partial charge in [-0.3, -0.25) is 9.79 Å². The van der Waals surface area contributed by atoms with Crippen LogP contribution in [0.15, 0.2) is 29.4 Å². The minimum absolute atomic E-state index is 0.0174. The number of carbonyl (C=O) groups excluding carboxylic acids is 1. The Labute approximate surface area is 154 Å². The highest BCUT2D eigenvalue weighted by molar-refractivity contribution is 5.86. The molecule has 0 atom stereocenters. The van der Waals surface area contributed by atoms with E-state index in [-0.39, 0.29) is 11.9 Å². The Morgan fingerprint density at radius 3 is 2.85 bits per heavy atom. The van der Waals surface area contributed by atoms with Crippen molar-refractivity contribution in [3.63, 3.8) is 0 Å². The van der Waals surface area contributed by atoms with Crippen molar-refractivity contribution in [3.05, 3.63) is 35.5 Å². The lowest BCUT2D eigenvalue weighted by atomic mass is 9.97. The molecule has 0 spiro atoms. The molecule has 0 saturated carbocycles. The van der Waals surface area contributed by atoms with E-state index in [1.54, 1.807) is 0 Å². The average Bonchev–Trinajstić information content (AvgIpc) is 3.09. The number of benzene rings is 1. The highest BCUT2D eigenvalue weighted by Crippen LogP contribution is 2.21. The summed E-state index contributed by atoms with van der Waals surface area (Å²) < 4.78 is 4.86. The Bertz CT molecular complexity index is 788. The second-order valence-corrected chi connectivity index (χ2v) is 6.82. The Balaban J connectivity index is 1.53. The highest BCUT2D eigenvalue weighted by Gasteiger charge is 2.26. The first-order chi connectivity index (χ1) is 12.6. The number of aromatic amines is 1. The number of aryl methyl sites for hydroxylation is 1. The number of aromatic nitrogens is 1. The number of fused-ring (bicyclic) bond motifs is 1. The molecule has 1 aliphatic heterocycles. The van der Waals surface area contributed by atoms with E-state index >= 15 is 0 Å². The van der Waals surface area contributed by atoms with Crippen LogP contribution in [0.3, 0.4) is 0 Å². The van der Waals surface area contributed by atoms with Crippen LogP contribution in [0.5, 0.6) is 0 Å². The molecule has 1 fully saturated rings. The maximum atomic E-state index is 11.7. The van der Waals surface area contributed by atoms with Gasteiger partial charge in [-0.1, -0.05) is 18.2 Å². The smallest absolute Gasteiger partial charge is 0.308 e. The first-order valence-electron chi connectivity index (χ1n) is 9.23. The monoisotopic (exact) mass is 356 g/mol. The van der Waals surface area contributed by atoms with Crippen molar-refractivity contribution in [2.45, 2.75) is 26.2 Å². The number of H-pyrrole nitrogens is 1. The van der Waals surface area contributed by atoms with Crippen molar-refractivity contribution >= 4 is 22.8 Å². The zero-order valence-electron chi connectivity index (χ0n) is 15.8. The predicted molar refractivity (Wildman–Crippen MR) is 104 cm³/mol. The number of ether oxygens (including phenoxy) is 1. The quantitative estimate of drug-likeness (QED) is 0.502. The zero-order chi connectivity index (χ0) is 18.5. The summed E-state index contributed by atoms with van der Waals surface area (Å²) in [4.78, 5) is 21.7. The number of likely N-dealkylation sites (tertiary alicyclic amines) is 1. The van der Waals surface area contributed by atoms with Crippen molar-refractivity contribution in [1.29, 1.82) is 0 Å². The van der Waals surface area contributed by atoms with Gasteiger partial charge < -0.3 is 19.9 Å². The second kappa shape index (κ2) is 8.25. The van der Waals surface area contributed by atoms with Gasteiger partial charge in [-0.15, -0.1) is 0 Å². The molecule has 26 heavy (non-hydrogen) atoms. The van der Waals surface area contributed by atoms with Crippen LogP contribution in [0.4, 0.5) is 0 Å². The topological polar surface area (TPSA) is 69.7 Å². The van der Waals surface area contributed by atoms with Gasteiger partial charge in [0.05, 0.1) is 13.0 Å². The summed E-state index contributed by atoms with van der Waals surface area (Å²) in [6.45, 7) is 4.60. The molecular formula is C20H28N4O2. The van der Waals surface area contributed by atoms with Crippen LogP contribution in [0.1, 0.15) is 24.0 Å². The van der Waals surface area contributed by atoms with E-state index in [1.165, 1.54) is 29.1 Å². The molecule has 1 saturated heterocycles. The molecule has 0 amide bonds. The third-order valence-corrected chi connectivity index (χ3v) is 5.23. The molecule has 0 bridgehead atoms. The SMILES string of the molecule is CN=C(NCCc1c[nH]c2c(C)cccc12)N1CCC(C(=O)OC)CC1. The number of hydrogen-bond acceptors (Lipinski definition) is 3. The third-order valence-electron chi connectivity index (χ3n) is 5.23. The summed E-state index contributed by atoms with van der Waals surface area (Å²) >= 11 is 0. The molecule has 0 unspecified atom stereocenters. The Kier molecular flexibility index (Phi) is 5.81. The van der Waals surface area contributed by atoms with E-state index in [2.05, 4.69) is 51.5 Å². The van der Waals surface area contributed by atoms with Crippen molar-refractivity contribution in [3.8, 4) is 0 Å². The number of nitrogens with one attached hydrogen (secondary N) is 2. The van der Waals surface area contributed by atoms with Crippen molar-refractivity contribution in [2.75, 3.05) is 33.8 Å². The lowest BCUT2D eigenvalue weighted by Gasteiger charge is -2.33. The van der Waals surface area contributed by atoms with Gasteiger partial charge >= 0.3 is 5.97 Å². The van der Waals surface area contributed by atoms with Crippen molar-refractivity contribution in [1.82, 2.24) is 15.2 Å². The normalized spacial score (nSPS) is 16.1. The zero-order valence-corrected chi connectivity index (χ0v) is 15.8. The number of piperidine rings is 1. The fourth-order valence-electron chi connectivity index (χ4n) is 3.71. The average molecular weight is 356 g/mol. The molecule has 0 aliphatic carbocycles. The summed E-state index contributed by atoms with van der Waals surface area (Å²) in [5.41, 5.74) is 3.80. The van der Waals surface area contributed by atoms with E-state index in [1.807, 2.05) is 7.05 Å². The largest absolute Gasteiger partial charge is 0.469 e. The van der Waals surface area contributed by atoms with E-state index in [4.69, 9.17) is 4.74 Å². The standard InChI is InChI=1S/C20H28N4O2/c1-14-5-4-6-17-16(13-23-18(14)17)7-10-22-20(21-2)24-11-8-15(9-12-24)19(25)26-3/h4-6,13,15,23H,7-12H2,1-3H3,(H,21,22). The molecule has 1 aromatic heterocycles. The van der Waals surface area contributed by atoms with Gasteiger partial charge in [0, 0.05) is 43.8 Å². The van der Waals surface area contributed by atoms with Crippen LogP contribution < -0.4 is 5.32 Å². The van der Waals surface area contributed by atoms with Crippen LogP contribution in [0.2, 0.25) is 0 Å². The molecule has 3 rings (SSSR count). The van der Waals surface area contributed by atoms with Gasteiger partial charge in [-0.2, -0.15) is 0 Å². The van der Waals surface area contributed by atoms with E-state index < -0.39 is 0 Å². The number of rotatable bonds is 4. The molecule has 0 radical (unpaired) electrons. The summed E-state index contributed by atoms with van der Waals surface area (Å²) in [7, 11) is 3.27. The first kappa shape index (κ1) is 18.3. The van der Waals surface area contributed by atoms with Gasteiger partial charge in [0.25, 0.3) is 0 Å². The van der Waals surface area contributed by atoms with Gasteiger partial charge in [0.15, 0.2) is 5.96 Å². The minimum Gasteiger partial charge on any atom is -0.469 e. The summed E-state index contributed by atoms with van der Waals surface area (Å²) in [5, 5.41) is 4.75. The maximum absolute atomic E-state index is 11.7. The molecule has 1 aromatic carbocycles. The number of para-hydroxylation sites is 1. The van der Waals surface area contributed by atoms with Crippen molar-refractivity contribution < 1.29 is 9.53 Å². The number of aliphatic imine (C=N–C) groups is 1. The van der Waals surface area contributed by atoms with Gasteiger partial charge in [-0.25, -0.2) is 0 Å². The number of carbonyl (C=O) groups is 1. The second-order valence-electron chi connectivity index (χ2n) is 6.82. The van der Waals surface area contributed by atoms with Gasteiger partial charge in [-0.05, 0) is 37.3 Å². The molecule has 6 nitrogen and oxygen atoms in total. The molecular weight excluding hydrogens is 328 g/mol. The summed E-state index contributed by atoms with van der Waals surface area (Å²) in [6.07, 6.45) is 4.66. The first-order valence-corrected chi connectivity index (χ1v) is 9.23. The Morgan fingerprint density at radius 2 is 2.15 bits per heavy atom. The lowest BCUT2D eigenvalue weighted by Crippen LogP contribution is -2.47. The number of guanidine groups is 1. The van der Waals surface area contributed by atoms with Crippen LogP contribution >= 0.6 is 0 Å².